The van der Waals surface area contributed by atoms with Crippen molar-refractivity contribution in [3.8, 4) is 11.6 Å². The number of fused-ring (bicyclic) bond motifs is 1. The number of carbonyl (C=O) groups is 1. The Morgan fingerprint density at radius 3 is 2.71 bits per heavy atom. The SMILES string of the molecule is CCOC(=O)c1nc(-c2nn(Cc3ccccc3F)c3ccccc23)oc1C. The van der Waals surface area contributed by atoms with Crippen LogP contribution in [-0.4, -0.2) is 27.3 Å². The van der Waals surface area contributed by atoms with E-state index in [9.17, 15) is 9.18 Å². The molecule has 0 bridgehead atoms. The molecule has 2 aromatic heterocycles. The third kappa shape index (κ3) is 3.15. The van der Waals surface area contributed by atoms with E-state index in [1.807, 2.05) is 24.3 Å². The fraction of sp³-hybridized carbons (Fsp3) is 0.190. The quantitative estimate of drug-likeness (QED) is 0.482. The van der Waals surface area contributed by atoms with E-state index in [0.717, 1.165) is 10.9 Å². The Morgan fingerprint density at radius 1 is 1.18 bits per heavy atom. The molecule has 0 saturated carbocycles. The summed E-state index contributed by atoms with van der Waals surface area (Å²) >= 11 is 0. The van der Waals surface area contributed by atoms with E-state index < -0.39 is 5.97 Å². The van der Waals surface area contributed by atoms with Gasteiger partial charge in [-0.25, -0.2) is 14.2 Å². The molecular formula is C21H18FN3O3. The largest absolute Gasteiger partial charge is 0.461 e. The maximum absolute atomic E-state index is 14.1. The minimum Gasteiger partial charge on any atom is -0.461 e. The van der Waals surface area contributed by atoms with Gasteiger partial charge in [0.15, 0.2) is 11.4 Å². The number of rotatable bonds is 5. The predicted molar refractivity (Wildman–Crippen MR) is 101 cm³/mol. The van der Waals surface area contributed by atoms with E-state index in [1.165, 1.54) is 6.07 Å². The molecule has 0 N–H and O–H groups in total. The second-order valence-corrected chi connectivity index (χ2v) is 6.26. The van der Waals surface area contributed by atoms with Crippen LogP contribution in [0.2, 0.25) is 0 Å². The molecule has 0 radical (unpaired) electrons. The lowest BCUT2D eigenvalue weighted by Gasteiger charge is -2.04. The summed E-state index contributed by atoms with van der Waals surface area (Å²) in [6, 6.07) is 14.1. The molecule has 0 fully saturated rings. The molecule has 6 nitrogen and oxygen atoms in total. The Kier molecular flexibility index (Phi) is 4.65. The minimum atomic E-state index is -0.537. The van der Waals surface area contributed by atoms with Crippen molar-refractivity contribution < 1.29 is 18.3 Å². The molecule has 2 heterocycles. The first-order valence-corrected chi connectivity index (χ1v) is 8.92. The molecule has 2 aromatic carbocycles. The van der Waals surface area contributed by atoms with Gasteiger partial charge in [-0.05, 0) is 26.0 Å². The number of aromatic nitrogens is 3. The van der Waals surface area contributed by atoms with Crippen LogP contribution >= 0.6 is 0 Å². The Bertz CT molecular complexity index is 1160. The van der Waals surface area contributed by atoms with Crippen LogP contribution in [0.4, 0.5) is 4.39 Å². The average Bonchev–Trinajstić information content (AvgIpc) is 3.25. The van der Waals surface area contributed by atoms with Gasteiger partial charge in [0.05, 0.1) is 18.7 Å². The molecule has 0 spiro atoms. The third-order valence-corrected chi connectivity index (χ3v) is 4.40. The Balaban J connectivity index is 1.80. The maximum atomic E-state index is 14.1. The van der Waals surface area contributed by atoms with Crippen molar-refractivity contribution in [2.24, 2.45) is 0 Å². The average molecular weight is 379 g/mol. The minimum absolute atomic E-state index is 0.129. The van der Waals surface area contributed by atoms with Crippen molar-refractivity contribution in [1.82, 2.24) is 14.8 Å². The molecule has 142 valence electrons. The predicted octanol–water partition coefficient (Wildman–Crippen LogP) is 4.36. The highest BCUT2D eigenvalue weighted by atomic mass is 19.1. The molecule has 7 heteroatoms. The second kappa shape index (κ2) is 7.26. The van der Waals surface area contributed by atoms with Gasteiger partial charge in [-0.1, -0.05) is 36.4 Å². The molecule has 4 aromatic rings. The number of hydrogen-bond acceptors (Lipinski definition) is 5. The summed E-state index contributed by atoms with van der Waals surface area (Å²) in [6.45, 7) is 3.89. The normalized spacial score (nSPS) is 11.1. The number of esters is 1. The first-order chi connectivity index (χ1) is 13.6. The number of halogens is 1. The summed E-state index contributed by atoms with van der Waals surface area (Å²) < 4.78 is 26.5. The molecule has 0 atom stereocenters. The van der Waals surface area contributed by atoms with Crippen molar-refractivity contribution in [3.63, 3.8) is 0 Å². The lowest BCUT2D eigenvalue weighted by molar-refractivity contribution is 0.0518. The smallest absolute Gasteiger partial charge is 0.360 e. The third-order valence-electron chi connectivity index (χ3n) is 4.40. The van der Waals surface area contributed by atoms with Crippen LogP contribution in [-0.2, 0) is 11.3 Å². The monoisotopic (exact) mass is 379 g/mol. The number of hydrogen-bond donors (Lipinski definition) is 0. The van der Waals surface area contributed by atoms with E-state index in [1.54, 1.807) is 36.7 Å². The maximum Gasteiger partial charge on any atom is 0.360 e. The number of para-hydroxylation sites is 1. The first-order valence-electron chi connectivity index (χ1n) is 8.92. The Labute approximate surface area is 160 Å². The number of aryl methyl sites for hydroxylation is 1. The number of oxazole rings is 1. The Morgan fingerprint density at radius 2 is 1.93 bits per heavy atom. The first kappa shape index (κ1) is 17.9. The summed E-state index contributed by atoms with van der Waals surface area (Å²) in [5.74, 6) is -0.240. The lowest BCUT2D eigenvalue weighted by atomic mass is 10.2. The van der Waals surface area contributed by atoms with E-state index in [2.05, 4.69) is 10.1 Å². The molecule has 0 unspecified atom stereocenters. The highest BCUT2D eigenvalue weighted by Gasteiger charge is 2.23. The molecule has 0 saturated heterocycles. The molecule has 0 aliphatic rings. The van der Waals surface area contributed by atoms with Gasteiger partial charge in [-0.15, -0.1) is 0 Å². The second-order valence-electron chi connectivity index (χ2n) is 6.26. The highest BCUT2D eigenvalue weighted by molar-refractivity contribution is 5.93. The summed E-state index contributed by atoms with van der Waals surface area (Å²) in [6.07, 6.45) is 0. The summed E-state index contributed by atoms with van der Waals surface area (Å²) in [5.41, 5.74) is 1.96. The fourth-order valence-corrected chi connectivity index (χ4v) is 3.08. The fourth-order valence-electron chi connectivity index (χ4n) is 3.08. The molecule has 28 heavy (non-hydrogen) atoms. The lowest BCUT2D eigenvalue weighted by Crippen LogP contribution is -2.06. The topological polar surface area (TPSA) is 70.2 Å². The van der Waals surface area contributed by atoms with Gasteiger partial charge in [-0.3, -0.25) is 4.68 Å². The zero-order chi connectivity index (χ0) is 19.7. The highest BCUT2D eigenvalue weighted by Crippen LogP contribution is 2.29. The van der Waals surface area contributed by atoms with E-state index in [4.69, 9.17) is 9.15 Å². The molecule has 0 aliphatic heterocycles. The molecule has 0 amide bonds. The summed E-state index contributed by atoms with van der Waals surface area (Å²) in [4.78, 5) is 16.3. The molecular weight excluding hydrogens is 361 g/mol. The zero-order valence-electron chi connectivity index (χ0n) is 15.5. The van der Waals surface area contributed by atoms with Crippen LogP contribution in [0.1, 0.15) is 28.7 Å². The number of ether oxygens (including phenoxy) is 1. The van der Waals surface area contributed by atoms with Crippen LogP contribution in [0.25, 0.3) is 22.5 Å². The zero-order valence-corrected chi connectivity index (χ0v) is 15.5. The number of carbonyl (C=O) groups excluding carboxylic acids is 1. The summed E-state index contributed by atoms with van der Waals surface area (Å²) in [7, 11) is 0. The molecule has 4 rings (SSSR count). The van der Waals surface area contributed by atoms with Crippen LogP contribution in [0.15, 0.2) is 52.9 Å². The van der Waals surface area contributed by atoms with E-state index >= 15 is 0 Å². The van der Waals surface area contributed by atoms with Crippen molar-refractivity contribution in [2.45, 2.75) is 20.4 Å². The van der Waals surface area contributed by atoms with Crippen molar-refractivity contribution in [1.29, 1.82) is 0 Å². The molecule has 0 aliphatic carbocycles. The van der Waals surface area contributed by atoms with Crippen molar-refractivity contribution >= 4 is 16.9 Å². The van der Waals surface area contributed by atoms with E-state index in [-0.39, 0.29) is 30.6 Å². The van der Waals surface area contributed by atoms with Crippen molar-refractivity contribution in [3.05, 3.63) is 71.4 Å². The van der Waals surface area contributed by atoms with Gasteiger partial charge >= 0.3 is 5.97 Å². The van der Waals surface area contributed by atoms with Gasteiger partial charge in [-0.2, -0.15) is 5.10 Å². The van der Waals surface area contributed by atoms with Gasteiger partial charge < -0.3 is 9.15 Å². The number of nitrogens with zero attached hydrogens (tertiary/aromatic N) is 3. The van der Waals surface area contributed by atoms with E-state index in [0.29, 0.717) is 17.0 Å². The summed E-state index contributed by atoms with van der Waals surface area (Å²) in [5, 5.41) is 5.40. The van der Waals surface area contributed by atoms with Gasteiger partial charge in [0.2, 0.25) is 5.89 Å². The van der Waals surface area contributed by atoms with Crippen molar-refractivity contribution in [2.75, 3.05) is 6.61 Å². The van der Waals surface area contributed by atoms with Gasteiger partial charge in [0.25, 0.3) is 0 Å². The van der Waals surface area contributed by atoms with Crippen LogP contribution in [0, 0.1) is 12.7 Å². The van der Waals surface area contributed by atoms with Gasteiger partial charge in [0, 0.05) is 10.9 Å². The van der Waals surface area contributed by atoms with Crippen LogP contribution in [0.5, 0.6) is 0 Å². The van der Waals surface area contributed by atoms with Gasteiger partial charge in [0.1, 0.15) is 11.6 Å². The standard InChI is InChI=1S/C21H18FN3O3/c1-3-27-21(26)18-13(2)28-20(23-18)19-15-9-5-7-11-17(15)25(24-19)12-14-8-4-6-10-16(14)22/h4-11H,3,12H2,1-2H3. The Hall–Kier alpha value is -3.48. The van der Waals surface area contributed by atoms with Crippen LogP contribution < -0.4 is 0 Å². The van der Waals surface area contributed by atoms with Crippen LogP contribution in [0.3, 0.4) is 0 Å². The number of benzene rings is 2.